The zero-order valence-corrected chi connectivity index (χ0v) is 10.1. The van der Waals surface area contributed by atoms with Crippen molar-refractivity contribution in [3.63, 3.8) is 0 Å². The fourth-order valence-corrected chi connectivity index (χ4v) is 2.39. The van der Waals surface area contributed by atoms with Crippen LogP contribution in [0.5, 0.6) is 0 Å². The molecule has 0 N–H and O–H groups in total. The first-order chi connectivity index (χ1) is 5.61. The van der Waals surface area contributed by atoms with E-state index in [9.17, 15) is 0 Å². The first-order valence-corrected chi connectivity index (χ1v) is 5.70. The highest BCUT2D eigenvalue weighted by atomic mass is 79.9. The van der Waals surface area contributed by atoms with Gasteiger partial charge in [-0.2, -0.15) is 0 Å². The molecule has 0 fully saturated rings. The molecule has 0 saturated heterocycles. The number of nitrogens with zero attached hydrogens (tertiary/aromatic N) is 1. The second kappa shape index (κ2) is 4.40. The number of hydrogen-bond acceptors (Lipinski definition) is 2. The average Bonchev–Trinajstić information content (AvgIpc) is 2.36. The first kappa shape index (κ1) is 10.2. The Bertz CT molecular complexity index is 244. The topological polar surface area (TPSA) is 3.24 Å². The van der Waals surface area contributed by atoms with Crippen molar-refractivity contribution in [2.75, 3.05) is 7.05 Å². The van der Waals surface area contributed by atoms with Crippen LogP contribution in [0.1, 0.15) is 18.7 Å². The first-order valence-electron chi connectivity index (χ1n) is 4.03. The summed E-state index contributed by atoms with van der Waals surface area (Å²) >= 11 is 5.33. The van der Waals surface area contributed by atoms with Crippen molar-refractivity contribution in [3.05, 3.63) is 20.8 Å². The van der Waals surface area contributed by atoms with E-state index < -0.39 is 0 Å². The molecule has 0 aliphatic carbocycles. The summed E-state index contributed by atoms with van der Waals surface area (Å²) in [4.78, 5) is 3.74. The van der Waals surface area contributed by atoms with Crippen molar-refractivity contribution >= 4 is 27.3 Å². The Morgan fingerprint density at radius 1 is 1.58 bits per heavy atom. The molecular formula is C9H14BrNS. The molecule has 1 nitrogen and oxygen atoms in total. The molecule has 0 saturated carbocycles. The van der Waals surface area contributed by atoms with Crippen LogP contribution < -0.4 is 0 Å². The lowest BCUT2D eigenvalue weighted by molar-refractivity contribution is 0.267. The van der Waals surface area contributed by atoms with Crippen LogP contribution in [0.25, 0.3) is 0 Å². The molecule has 0 aromatic carbocycles. The summed E-state index contributed by atoms with van der Waals surface area (Å²) in [6.07, 6.45) is 0. The summed E-state index contributed by atoms with van der Waals surface area (Å²) in [5.74, 6) is 0. The van der Waals surface area contributed by atoms with Gasteiger partial charge in [0.25, 0.3) is 0 Å². The van der Waals surface area contributed by atoms with Crippen molar-refractivity contribution in [2.45, 2.75) is 26.4 Å². The van der Waals surface area contributed by atoms with Crippen LogP contribution in [0.3, 0.4) is 0 Å². The van der Waals surface area contributed by atoms with Gasteiger partial charge in [-0.25, -0.2) is 0 Å². The van der Waals surface area contributed by atoms with E-state index in [1.165, 1.54) is 9.35 Å². The van der Waals surface area contributed by atoms with Gasteiger partial charge in [0.2, 0.25) is 0 Å². The zero-order valence-electron chi connectivity index (χ0n) is 7.67. The van der Waals surface area contributed by atoms with Crippen molar-refractivity contribution in [1.82, 2.24) is 4.90 Å². The van der Waals surface area contributed by atoms with E-state index in [0.717, 1.165) is 6.54 Å². The predicted molar refractivity (Wildman–Crippen MR) is 58.6 cm³/mol. The Hall–Kier alpha value is 0.140. The maximum Gasteiger partial charge on any atom is 0.0338 e. The lowest BCUT2D eigenvalue weighted by Crippen LogP contribution is -2.25. The quantitative estimate of drug-likeness (QED) is 0.792. The van der Waals surface area contributed by atoms with Crippen LogP contribution in [0, 0.1) is 0 Å². The fourth-order valence-electron chi connectivity index (χ4n) is 0.847. The van der Waals surface area contributed by atoms with Gasteiger partial charge in [0.05, 0.1) is 0 Å². The van der Waals surface area contributed by atoms with Crippen LogP contribution in [-0.4, -0.2) is 18.0 Å². The summed E-state index contributed by atoms with van der Waals surface area (Å²) in [6.45, 7) is 5.46. The van der Waals surface area contributed by atoms with E-state index in [1.807, 2.05) is 0 Å². The molecule has 0 amide bonds. The monoisotopic (exact) mass is 247 g/mol. The number of thiophene rings is 1. The summed E-state index contributed by atoms with van der Waals surface area (Å²) in [7, 11) is 2.15. The van der Waals surface area contributed by atoms with Gasteiger partial charge in [-0.3, -0.25) is 4.90 Å². The van der Waals surface area contributed by atoms with Crippen molar-refractivity contribution < 1.29 is 0 Å². The average molecular weight is 248 g/mol. The minimum atomic E-state index is 0.610. The number of hydrogen-bond donors (Lipinski definition) is 0. The van der Waals surface area contributed by atoms with E-state index >= 15 is 0 Å². The van der Waals surface area contributed by atoms with E-state index in [0.29, 0.717) is 6.04 Å². The Morgan fingerprint density at radius 2 is 2.25 bits per heavy atom. The molecule has 1 rings (SSSR count). The molecule has 0 atom stereocenters. The molecule has 0 aliphatic rings. The van der Waals surface area contributed by atoms with Crippen LogP contribution >= 0.6 is 27.3 Å². The standard InChI is InChI=1S/C9H14BrNS/c1-7(2)11(3)6-9-8(10)4-5-12-9/h4-5,7H,6H2,1-3H3. The smallest absolute Gasteiger partial charge is 0.0338 e. The molecule has 0 spiro atoms. The van der Waals surface area contributed by atoms with Gasteiger partial charge in [0.15, 0.2) is 0 Å². The second-order valence-corrected chi connectivity index (χ2v) is 5.06. The lowest BCUT2D eigenvalue weighted by Gasteiger charge is -2.20. The van der Waals surface area contributed by atoms with E-state index in [-0.39, 0.29) is 0 Å². The molecular weight excluding hydrogens is 234 g/mol. The SMILES string of the molecule is CC(C)N(C)Cc1sccc1Br. The maximum atomic E-state index is 3.53. The van der Waals surface area contributed by atoms with Crippen LogP contribution in [-0.2, 0) is 6.54 Å². The predicted octanol–water partition coefficient (Wildman–Crippen LogP) is 3.35. The molecule has 0 unspecified atom stereocenters. The molecule has 1 aromatic rings. The number of halogens is 1. The highest BCUT2D eigenvalue weighted by Crippen LogP contribution is 2.24. The largest absolute Gasteiger partial charge is 0.299 e. The summed E-state index contributed by atoms with van der Waals surface area (Å²) in [6, 6.07) is 2.72. The highest BCUT2D eigenvalue weighted by Gasteiger charge is 2.07. The maximum absolute atomic E-state index is 3.53. The summed E-state index contributed by atoms with van der Waals surface area (Å²) in [5, 5.41) is 2.12. The van der Waals surface area contributed by atoms with Gasteiger partial charge in [-0.1, -0.05) is 0 Å². The second-order valence-electron chi connectivity index (χ2n) is 3.20. The summed E-state index contributed by atoms with van der Waals surface area (Å²) in [5.41, 5.74) is 0. The van der Waals surface area contributed by atoms with Gasteiger partial charge < -0.3 is 0 Å². The Balaban J connectivity index is 2.58. The van der Waals surface area contributed by atoms with Gasteiger partial charge in [-0.05, 0) is 48.3 Å². The molecule has 0 bridgehead atoms. The number of rotatable bonds is 3. The molecule has 68 valence electrons. The normalized spacial score (nSPS) is 11.5. The summed E-state index contributed by atoms with van der Waals surface area (Å²) < 4.78 is 1.24. The highest BCUT2D eigenvalue weighted by molar-refractivity contribution is 9.10. The van der Waals surface area contributed by atoms with E-state index in [2.05, 4.69) is 53.2 Å². The van der Waals surface area contributed by atoms with Gasteiger partial charge in [-0.15, -0.1) is 11.3 Å². The molecule has 1 heterocycles. The molecule has 3 heteroatoms. The fraction of sp³-hybridized carbons (Fsp3) is 0.556. The van der Waals surface area contributed by atoms with Gasteiger partial charge in [0.1, 0.15) is 0 Å². The molecule has 12 heavy (non-hydrogen) atoms. The van der Waals surface area contributed by atoms with Gasteiger partial charge in [0, 0.05) is 21.9 Å². The Kier molecular flexibility index (Phi) is 3.75. The van der Waals surface area contributed by atoms with Crippen molar-refractivity contribution in [1.29, 1.82) is 0 Å². The minimum Gasteiger partial charge on any atom is -0.299 e. The van der Waals surface area contributed by atoms with Crippen LogP contribution in [0.15, 0.2) is 15.9 Å². The molecule has 1 aromatic heterocycles. The van der Waals surface area contributed by atoms with E-state index in [4.69, 9.17) is 0 Å². The Morgan fingerprint density at radius 3 is 2.67 bits per heavy atom. The van der Waals surface area contributed by atoms with E-state index in [1.54, 1.807) is 11.3 Å². The third kappa shape index (κ3) is 2.57. The van der Waals surface area contributed by atoms with Crippen LogP contribution in [0.4, 0.5) is 0 Å². The zero-order chi connectivity index (χ0) is 9.14. The van der Waals surface area contributed by atoms with Crippen molar-refractivity contribution in [3.8, 4) is 0 Å². The van der Waals surface area contributed by atoms with Crippen molar-refractivity contribution in [2.24, 2.45) is 0 Å². The molecule has 0 radical (unpaired) electrons. The third-order valence-electron chi connectivity index (χ3n) is 1.97. The minimum absolute atomic E-state index is 0.610. The lowest BCUT2D eigenvalue weighted by atomic mass is 10.3. The third-order valence-corrected chi connectivity index (χ3v) is 3.88. The molecule has 0 aliphatic heterocycles. The van der Waals surface area contributed by atoms with Gasteiger partial charge >= 0.3 is 0 Å². The van der Waals surface area contributed by atoms with Crippen LogP contribution in [0.2, 0.25) is 0 Å². The Labute approximate surface area is 86.5 Å².